The third kappa shape index (κ3) is 2.25. The van der Waals surface area contributed by atoms with Crippen molar-refractivity contribution in [3.8, 4) is 0 Å². The predicted molar refractivity (Wildman–Crippen MR) is 64.2 cm³/mol. The number of carbonyl (C=O) groups is 1. The van der Waals surface area contributed by atoms with Gasteiger partial charge in [-0.2, -0.15) is 0 Å². The van der Waals surface area contributed by atoms with Crippen LogP contribution in [0, 0.1) is 0 Å². The number of carbonyl (C=O) groups excluding carboxylic acids is 1. The Morgan fingerprint density at radius 1 is 1.38 bits per heavy atom. The second-order valence-corrected chi connectivity index (χ2v) is 4.24. The molecule has 0 fully saturated rings. The van der Waals surface area contributed by atoms with Crippen LogP contribution in [0.5, 0.6) is 0 Å². The number of nitrogens with two attached hydrogens (primary N) is 1. The van der Waals surface area contributed by atoms with Crippen molar-refractivity contribution in [1.29, 1.82) is 0 Å². The number of hydrogen-bond donors (Lipinski definition) is 2. The van der Waals surface area contributed by atoms with Gasteiger partial charge in [-0.15, -0.1) is 0 Å². The maximum Gasteiger partial charge on any atom is 0.227 e. The highest BCUT2D eigenvalue weighted by molar-refractivity contribution is 5.86. The van der Waals surface area contributed by atoms with Crippen molar-refractivity contribution in [2.45, 2.75) is 25.2 Å². The fourth-order valence-electron chi connectivity index (χ4n) is 2.10. The summed E-state index contributed by atoms with van der Waals surface area (Å²) in [6.07, 6.45) is 2.83. The van der Waals surface area contributed by atoms with Crippen LogP contribution in [0.15, 0.2) is 24.3 Å². The molecule has 1 atom stereocenters. The molecule has 0 spiro atoms. The Bertz CT molecular complexity index is 376. The topological polar surface area (TPSA) is 55.1 Å². The molecule has 1 aromatic rings. The summed E-state index contributed by atoms with van der Waals surface area (Å²) >= 11 is 0. The van der Waals surface area contributed by atoms with E-state index in [1.54, 1.807) is 0 Å². The van der Waals surface area contributed by atoms with Gasteiger partial charge in [-0.3, -0.25) is 4.79 Å². The molecular formula is C13H18N2O. The molecule has 1 unspecified atom stereocenters. The van der Waals surface area contributed by atoms with E-state index in [-0.39, 0.29) is 11.8 Å². The first kappa shape index (κ1) is 11.1. The van der Waals surface area contributed by atoms with E-state index in [0.717, 1.165) is 25.8 Å². The Labute approximate surface area is 96.0 Å². The minimum Gasteiger partial charge on any atom is -0.356 e. The number of nitrogens with one attached hydrogen (secondary N) is 1. The van der Waals surface area contributed by atoms with Gasteiger partial charge in [-0.25, -0.2) is 0 Å². The molecule has 0 heterocycles. The number of unbranched alkanes of at least 4 members (excludes halogenated alkanes) is 1. The first-order valence-electron chi connectivity index (χ1n) is 5.88. The molecule has 1 aliphatic rings. The number of hydrogen-bond acceptors (Lipinski definition) is 2. The number of rotatable bonds is 5. The number of benzene rings is 1. The zero-order valence-electron chi connectivity index (χ0n) is 9.41. The summed E-state index contributed by atoms with van der Waals surface area (Å²) in [5.41, 5.74) is 7.90. The van der Waals surface area contributed by atoms with Crippen LogP contribution in [0.4, 0.5) is 0 Å². The van der Waals surface area contributed by atoms with Crippen LogP contribution in [-0.4, -0.2) is 19.0 Å². The summed E-state index contributed by atoms with van der Waals surface area (Å²) in [5, 5.41) is 2.97. The van der Waals surface area contributed by atoms with E-state index in [1.807, 2.05) is 18.2 Å². The summed E-state index contributed by atoms with van der Waals surface area (Å²) in [4.78, 5) is 11.8. The van der Waals surface area contributed by atoms with Crippen molar-refractivity contribution >= 4 is 5.91 Å². The lowest BCUT2D eigenvalue weighted by Gasteiger charge is -2.28. The standard InChI is InChI=1S/C13H18N2O/c14-7-3-4-8-15-13(16)12-9-10-5-1-2-6-11(10)12/h1-2,5-6,12H,3-4,7-9,14H2,(H,15,16). The van der Waals surface area contributed by atoms with Gasteiger partial charge in [0, 0.05) is 6.54 Å². The second kappa shape index (κ2) is 5.12. The maximum atomic E-state index is 11.8. The van der Waals surface area contributed by atoms with E-state index in [1.165, 1.54) is 11.1 Å². The highest BCUT2D eigenvalue weighted by atomic mass is 16.1. The van der Waals surface area contributed by atoms with Gasteiger partial charge in [0.25, 0.3) is 0 Å². The third-order valence-electron chi connectivity index (χ3n) is 3.10. The van der Waals surface area contributed by atoms with Gasteiger partial charge in [-0.05, 0) is 36.9 Å². The molecule has 0 aromatic heterocycles. The normalized spacial score (nSPS) is 17.4. The summed E-state index contributed by atoms with van der Waals surface area (Å²) in [5.74, 6) is 0.241. The van der Waals surface area contributed by atoms with Gasteiger partial charge in [0.1, 0.15) is 0 Å². The zero-order chi connectivity index (χ0) is 11.4. The molecule has 1 amide bonds. The van der Waals surface area contributed by atoms with Gasteiger partial charge < -0.3 is 11.1 Å². The molecule has 1 aromatic carbocycles. The van der Waals surface area contributed by atoms with Gasteiger partial charge >= 0.3 is 0 Å². The maximum absolute atomic E-state index is 11.8. The van der Waals surface area contributed by atoms with Crippen molar-refractivity contribution in [3.05, 3.63) is 35.4 Å². The fourth-order valence-corrected chi connectivity index (χ4v) is 2.10. The number of amides is 1. The molecule has 0 aliphatic heterocycles. The molecule has 3 heteroatoms. The van der Waals surface area contributed by atoms with Crippen LogP contribution in [-0.2, 0) is 11.2 Å². The van der Waals surface area contributed by atoms with E-state index in [4.69, 9.17) is 5.73 Å². The molecule has 1 aliphatic carbocycles. The fraction of sp³-hybridized carbons (Fsp3) is 0.462. The lowest BCUT2D eigenvalue weighted by molar-refractivity contribution is -0.123. The minimum absolute atomic E-state index is 0.0778. The lowest BCUT2D eigenvalue weighted by atomic mass is 9.77. The Kier molecular flexibility index (Phi) is 3.57. The first-order valence-corrected chi connectivity index (χ1v) is 5.88. The van der Waals surface area contributed by atoms with E-state index < -0.39 is 0 Å². The van der Waals surface area contributed by atoms with E-state index in [2.05, 4.69) is 11.4 Å². The van der Waals surface area contributed by atoms with E-state index >= 15 is 0 Å². The minimum atomic E-state index is 0.0778. The van der Waals surface area contributed by atoms with Crippen molar-refractivity contribution in [2.75, 3.05) is 13.1 Å². The number of fused-ring (bicyclic) bond motifs is 1. The van der Waals surface area contributed by atoms with Gasteiger partial charge in [0.05, 0.1) is 5.92 Å². The highest BCUT2D eigenvalue weighted by Gasteiger charge is 2.31. The Morgan fingerprint density at radius 2 is 2.19 bits per heavy atom. The lowest BCUT2D eigenvalue weighted by Crippen LogP contribution is -2.36. The van der Waals surface area contributed by atoms with Crippen LogP contribution >= 0.6 is 0 Å². The molecule has 3 nitrogen and oxygen atoms in total. The van der Waals surface area contributed by atoms with E-state index in [9.17, 15) is 4.79 Å². The first-order chi connectivity index (χ1) is 7.83. The average Bonchev–Trinajstić information content (AvgIpc) is 2.26. The molecular weight excluding hydrogens is 200 g/mol. The molecule has 0 saturated heterocycles. The van der Waals surface area contributed by atoms with Crippen LogP contribution in [0.25, 0.3) is 0 Å². The second-order valence-electron chi connectivity index (χ2n) is 4.24. The molecule has 0 radical (unpaired) electrons. The molecule has 2 rings (SSSR count). The summed E-state index contributed by atoms with van der Waals surface area (Å²) in [6.45, 7) is 1.44. The molecule has 16 heavy (non-hydrogen) atoms. The van der Waals surface area contributed by atoms with Gasteiger partial charge in [0.15, 0.2) is 0 Å². The Morgan fingerprint density at radius 3 is 2.94 bits per heavy atom. The van der Waals surface area contributed by atoms with Crippen LogP contribution in [0.1, 0.15) is 29.9 Å². The smallest absolute Gasteiger partial charge is 0.227 e. The Hall–Kier alpha value is -1.35. The third-order valence-corrected chi connectivity index (χ3v) is 3.10. The quantitative estimate of drug-likeness (QED) is 0.729. The van der Waals surface area contributed by atoms with Crippen LogP contribution < -0.4 is 11.1 Å². The average molecular weight is 218 g/mol. The largest absolute Gasteiger partial charge is 0.356 e. The monoisotopic (exact) mass is 218 g/mol. The van der Waals surface area contributed by atoms with Gasteiger partial charge in [0.2, 0.25) is 5.91 Å². The SMILES string of the molecule is NCCCCNC(=O)C1Cc2ccccc21. The van der Waals surface area contributed by atoms with Crippen molar-refractivity contribution in [2.24, 2.45) is 5.73 Å². The van der Waals surface area contributed by atoms with Gasteiger partial charge in [-0.1, -0.05) is 24.3 Å². The summed E-state index contributed by atoms with van der Waals surface area (Å²) in [7, 11) is 0. The van der Waals surface area contributed by atoms with E-state index in [0.29, 0.717) is 6.54 Å². The van der Waals surface area contributed by atoms with Crippen molar-refractivity contribution in [3.63, 3.8) is 0 Å². The molecule has 0 saturated carbocycles. The predicted octanol–water partition coefficient (Wildman–Crippen LogP) is 1.18. The summed E-state index contributed by atoms with van der Waals surface area (Å²) in [6, 6.07) is 8.15. The van der Waals surface area contributed by atoms with Crippen LogP contribution in [0.3, 0.4) is 0 Å². The van der Waals surface area contributed by atoms with Crippen molar-refractivity contribution < 1.29 is 4.79 Å². The Balaban J connectivity index is 1.80. The zero-order valence-corrected chi connectivity index (χ0v) is 9.41. The highest BCUT2D eigenvalue weighted by Crippen LogP contribution is 2.34. The molecule has 86 valence electrons. The van der Waals surface area contributed by atoms with Crippen LogP contribution in [0.2, 0.25) is 0 Å². The summed E-state index contributed by atoms with van der Waals surface area (Å²) < 4.78 is 0. The molecule has 0 bridgehead atoms. The molecule has 3 N–H and O–H groups in total. The van der Waals surface area contributed by atoms with Crippen molar-refractivity contribution in [1.82, 2.24) is 5.32 Å².